The highest BCUT2D eigenvalue weighted by Gasteiger charge is 2.44. The predicted molar refractivity (Wildman–Crippen MR) is 91.5 cm³/mol. The first-order chi connectivity index (χ1) is 12.4. The number of fused-ring (bicyclic) bond motifs is 3. The summed E-state index contributed by atoms with van der Waals surface area (Å²) in [5.74, 6) is 1.85. The van der Waals surface area contributed by atoms with E-state index < -0.39 is 11.7 Å². The maximum Gasteiger partial charge on any atom is 0.416 e. The lowest BCUT2D eigenvalue weighted by molar-refractivity contribution is -0.137. The highest BCUT2D eigenvalue weighted by atomic mass is 19.4. The molecule has 0 aromatic heterocycles. The van der Waals surface area contributed by atoms with Crippen molar-refractivity contribution in [2.75, 3.05) is 13.2 Å². The Hall–Kier alpha value is -2.21. The quantitative estimate of drug-likeness (QED) is 0.870. The van der Waals surface area contributed by atoms with Crippen LogP contribution in [0.4, 0.5) is 13.2 Å². The maximum atomic E-state index is 12.8. The van der Waals surface area contributed by atoms with Crippen molar-refractivity contribution in [1.29, 1.82) is 0 Å². The Labute approximate surface area is 150 Å². The van der Waals surface area contributed by atoms with Crippen LogP contribution in [0.2, 0.25) is 0 Å². The van der Waals surface area contributed by atoms with Crippen LogP contribution in [0.3, 0.4) is 0 Å². The number of hydrogen-bond acceptors (Lipinski definition) is 3. The third kappa shape index (κ3) is 3.14. The Kier molecular flexibility index (Phi) is 4.10. The molecule has 2 aliphatic rings. The number of rotatable bonds is 3. The molecule has 2 atom stereocenters. The molecule has 0 aliphatic carbocycles. The normalized spacial score (nSPS) is 24.5. The zero-order chi connectivity index (χ0) is 18.4. The van der Waals surface area contributed by atoms with Crippen LogP contribution in [0.15, 0.2) is 42.5 Å². The fraction of sp³-hybridized carbons (Fsp3) is 0.400. The molecule has 0 bridgehead atoms. The van der Waals surface area contributed by atoms with Crippen molar-refractivity contribution < 1.29 is 22.6 Å². The monoisotopic (exact) mass is 363 g/mol. The zero-order valence-corrected chi connectivity index (χ0v) is 14.4. The van der Waals surface area contributed by atoms with E-state index >= 15 is 0 Å². The molecular formula is C20H20F3NO2. The third-order valence-corrected chi connectivity index (χ3v) is 5.27. The van der Waals surface area contributed by atoms with Gasteiger partial charge in [0.25, 0.3) is 0 Å². The molecule has 0 spiro atoms. The first kappa shape index (κ1) is 17.2. The number of nitrogens with one attached hydrogen (secondary N) is 1. The van der Waals surface area contributed by atoms with Crippen LogP contribution >= 0.6 is 0 Å². The zero-order valence-electron chi connectivity index (χ0n) is 14.4. The Balaban J connectivity index is 1.52. The van der Waals surface area contributed by atoms with Gasteiger partial charge in [-0.3, -0.25) is 0 Å². The summed E-state index contributed by atoms with van der Waals surface area (Å²) in [6, 6.07) is 10.9. The number of alkyl halides is 3. The second kappa shape index (κ2) is 6.20. The smallest absolute Gasteiger partial charge is 0.416 e. The molecule has 138 valence electrons. The van der Waals surface area contributed by atoms with Crippen LogP contribution in [0.25, 0.3) is 0 Å². The minimum Gasteiger partial charge on any atom is -0.491 e. The SMILES string of the molecule is C[C@@]12COc3ccc(OCc4cccc(C(F)(F)F)c4)cc3[C@@H]1CCN2. The van der Waals surface area contributed by atoms with E-state index in [-0.39, 0.29) is 12.1 Å². The Bertz CT molecular complexity index is 821. The minimum absolute atomic E-state index is 0.0767. The Morgan fingerprint density at radius 2 is 2.08 bits per heavy atom. The van der Waals surface area contributed by atoms with Gasteiger partial charge in [-0.05, 0) is 55.8 Å². The molecule has 26 heavy (non-hydrogen) atoms. The van der Waals surface area contributed by atoms with E-state index in [1.807, 2.05) is 12.1 Å². The van der Waals surface area contributed by atoms with Crippen LogP contribution in [0.1, 0.15) is 36.0 Å². The van der Waals surface area contributed by atoms with Crippen molar-refractivity contribution in [2.45, 2.75) is 37.6 Å². The van der Waals surface area contributed by atoms with E-state index in [9.17, 15) is 13.2 Å². The number of hydrogen-bond donors (Lipinski definition) is 1. The van der Waals surface area contributed by atoms with Crippen LogP contribution in [0.5, 0.6) is 11.5 Å². The summed E-state index contributed by atoms with van der Waals surface area (Å²) in [5.41, 5.74) is 0.851. The molecule has 4 rings (SSSR count). The molecule has 2 aromatic rings. The van der Waals surface area contributed by atoms with E-state index in [1.165, 1.54) is 6.07 Å². The van der Waals surface area contributed by atoms with E-state index in [2.05, 4.69) is 12.2 Å². The van der Waals surface area contributed by atoms with Crippen LogP contribution in [-0.2, 0) is 12.8 Å². The Morgan fingerprint density at radius 3 is 2.88 bits per heavy atom. The molecular weight excluding hydrogens is 343 g/mol. The second-order valence-corrected chi connectivity index (χ2v) is 7.16. The molecule has 1 N–H and O–H groups in total. The molecule has 0 saturated carbocycles. The summed E-state index contributed by atoms with van der Waals surface area (Å²) < 4.78 is 50.1. The highest BCUT2D eigenvalue weighted by Crippen LogP contribution is 2.45. The van der Waals surface area contributed by atoms with Crippen molar-refractivity contribution in [3.8, 4) is 11.5 Å². The lowest BCUT2D eigenvalue weighted by Crippen LogP contribution is -2.48. The molecule has 2 heterocycles. The first-order valence-electron chi connectivity index (χ1n) is 8.66. The van der Waals surface area contributed by atoms with E-state index in [0.717, 1.165) is 36.4 Å². The predicted octanol–water partition coefficient (Wildman–Crippen LogP) is 4.51. The van der Waals surface area contributed by atoms with E-state index in [0.29, 0.717) is 23.8 Å². The molecule has 0 amide bonds. The summed E-state index contributed by atoms with van der Waals surface area (Å²) in [6.07, 6.45) is -3.32. The highest BCUT2D eigenvalue weighted by molar-refractivity contribution is 5.46. The van der Waals surface area contributed by atoms with Gasteiger partial charge in [0.15, 0.2) is 0 Å². The van der Waals surface area contributed by atoms with Gasteiger partial charge >= 0.3 is 6.18 Å². The minimum atomic E-state index is -4.35. The standard InChI is InChI=1S/C20H20F3NO2/c1-19-12-26-18-6-5-15(10-16(18)17(19)7-8-24-19)25-11-13-3-2-4-14(9-13)20(21,22)23/h2-6,9-10,17,24H,7-8,11-12H2,1H3/t17-,19+/m0/s1. The van der Waals surface area contributed by atoms with Gasteiger partial charge in [0.05, 0.1) is 11.1 Å². The van der Waals surface area contributed by atoms with Crippen molar-refractivity contribution in [2.24, 2.45) is 0 Å². The second-order valence-electron chi connectivity index (χ2n) is 7.16. The van der Waals surface area contributed by atoms with Gasteiger partial charge in [0.1, 0.15) is 24.7 Å². The van der Waals surface area contributed by atoms with Gasteiger partial charge in [-0.2, -0.15) is 13.2 Å². The summed E-state index contributed by atoms with van der Waals surface area (Å²) in [7, 11) is 0. The maximum absolute atomic E-state index is 12.8. The molecule has 6 heteroatoms. The molecule has 3 nitrogen and oxygen atoms in total. The first-order valence-corrected chi connectivity index (χ1v) is 8.66. The summed E-state index contributed by atoms with van der Waals surface area (Å²) in [6.45, 7) is 3.82. The van der Waals surface area contributed by atoms with Crippen LogP contribution in [0, 0.1) is 0 Å². The van der Waals surface area contributed by atoms with Gasteiger partial charge < -0.3 is 14.8 Å². The number of benzene rings is 2. The van der Waals surface area contributed by atoms with Gasteiger partial charge in [0.2, 0.25) is 0 Å². The van der Waals surface area contributed by atoms with Gasteiger partial charge in [-0.15, -0.1) is 0 Å². The van der Waals surface area contributed by atoms with Crippen LogP contribution < -0.4 is 14.8 Å². The molecule has 0 unspecified atom stereocenters. The molecule has 1 fully saturated rings. The summed E-state index contributed by atoms with van der Waals surface area (Å²) >= 11 is 0. The summed E-state index contributed by atoms with van der Waals surface area (Å²) in [5, 5.41) is 3.50. The average Bonchev–Trinajstić information content (AvgIpc) is 3.01. The fourth-order valence-corrected chi connectivity index (χ4v) is 3.85. The molecule has 2 aromatic carbocycles. The number of ether oxygens (including phenoxy) is 2. The Morgan fingerprint density at radius 1 is 1.23 bits per heavy atom. The fourth-order valence-electron chi connectivity index (χ4n) is 3.85. The number of halogens is 3. The van der Waals surface area contributed by atoms with Crippen LogP contribution in [-0.4, -0.2) is 18.7 Å². The van der Waals surface area contributed by atoms with E-state index in [1.54, 1.807) is 12.1 Å². The van der Waals surface area contributed by atoms with E-state index in [4.69, 9.17) is 9.47 Å². The van der Waals surface area contributed by atoms with Gasteiger partial charge in [-0.25, -0.2) is 0 Å². The largest absolute Gasteiger partial charge is 0.491 e. The van der Waals surface area contributed by atoms with Crippen molar-refractivity contribution >= 4 is 0 Å². The molecule has 0 radical (unpaired) electrons. The van der Waals surface area contributed by atoms with Gasteiger partial charge in [0, 0.05) is 11.5 Å². The van der Waals surface area contributed by atoms with Crippen molar-refractivity contribution in [1.82, 2.24) is 5.32 Å². The van der Waals surface area contributed by atoms with Crippen molar-refractivity contribution in [3.63, 3.8) is 0 Å². The van der Waals surface area contributed by atoms with Crippen molar-refractivity contribution in [3.05, 3.63) is 59.2 Å². The molecule has 1 saturated heterocycles. The lowest BCUT2D eigenvalue weighted by Gasteiger charge is -2.37. The van der Waals surface area contributed by atoms with Gasteiger partial charge in [-0.1, -0.05) is 12.1 Å². The topological polar surface area (TPSA) is 30.5 Å². The molecule has 2 aliphatic heterocycles. The summed E-state index contributed by atoms with van der Waals surface area (Å²) in [4.78, 5) is 0. The average molecular weight is 363 g/mol. The third-order valence-electron chi connectivity index (χ3n) is 5.27. The lowest BCUT2D eigenvalue weighted by atomic mass is 9.80.